The van der Waals surface area contributed by atoms with Crippen molar-refractivity contribution in [1.82, 2.24) is 20.5 Å². The van der Waals surface area contributed by atoms with E-state index in [-0.39, 0.29) is 24.1 Å². The van der Waals surface area contributed by atoms with Crippen LogP contribution in [0.1, 0.15) is 15.9 Å². The lowest BCUT2D eigenvalue weighted by Gasteiger charge is -2.28. The van der Waals surface area contributed by atoms with Crippen LogP contribution in [0.5, 0.6) is 11.6 Å². The predicted molar refractivity (Wildman–Crippen MR) is 104 cm³/mol. The van der Waals surface area contributed by atoms with Crippen LogP contribution in [-0.4, -0.2) is 46.5 Å². The molecule has 0 radical (unpaired) electrons. The van der Waals surface area contributed by atoms with E-state index in [1.165, 1.54) is 18.3 Å². The molecule has 0 unspecified atom stereocenters. The molecule has 3 heterocycles. The number of carbonyl (C=O) groups excluding carboxylic acids is 1. The minimum atomic E-state index is -4.46. The van der Waals surface area contributed by atoms with Crippen LogP contribution >= 0.6 is 0 Å². The Bertz CT molecular complexity index is 1060. The smallest absolute Gasteiger partial charge is 0.422 e. The van der Waals surface area contributed by atoms with Gasteiger partial charge >= 0.3 is 6.18 Å². The average Bonchev–Trinajstić information content (AvgIpc) is 2.77. The van der Waals surface area contributed by atoms with Crippen molar-refractivity contribution in [3.05, 3.63) is 66.1 Å². The Labute approximate surface area is 175 Å². The first kappa shape index (κ1) is 20.6. The van der Waals surface area contributed by atoms with Gasteiger partial charge in [-0.05, 0) is 23.8 Å². The Balaban J connectivity index is 1.43. The molecular formula is C21H17F3N4O3. The van der Waals surface area contributed by atoms with E-state index in [1.807, 2.05) is 24.3 Å². The summed E-state index contributed by atoms with van der Waals surface area (Å²) in [5.74, 6) is 0.127. The van der Waals surface area contributed by atoms with Gasteiger partial charge in [-0.3, -0.25) is 4.79 Å². The Morgan fingerprint density at radius 3 is 2.74 bits per heavy atom. The molecule has 0 fully saturated rings. The highest BCUT2D eigenvalue weighted by molar-refractivity contribution is 5.94. The van der Waals surface area contributed by atoms with Gasteiger partial charge in [-0.2, -0.15) is 23.4 Å². The van der Waals surface area contributed by atoms with E-state index in [0.29, 0.717) is 6.42 Å². The van der Waals surface area contributed by atoms with Crippen LogP contribution in [0.2, 0.25) is 0 Å². The first-order valence-corrected chi connectivity index (χ1v) is 9.37. The number of amides is 1. The van der Waals surface area contributed by atoms with Crippen molar-refractivity contribution in [3.8, 4) is 22.8 Å². The molecule has 10 heteroatoms. The molecule has 0 bridgehead atoms. The second-order valence-electron chi connectivity index (χ2n) is 6.89. The number of hydrogen-bond acceptors (Lipinski definition) is 6. The number of carbonyl (C=O) groups is 1. The number of alkyl halides is 3. The molecule has 1 aliphatic rings. The first-order chi connectivity index (χ1) is 14.9. The summed E-state index contributed by atoms with van der Waals surface area (Å²) in [6, 6.07) is 9.85. The number of aromatic nitrogens is 3. The van der Waals surface area contributed by atoms with Gasteiger partial charge < -0.3 is 14.8 Å². The number of ether oxygens (including phenoxy) is 2. The van der Waals surface area contributed by atoms with Crippen LogP contribution in [0.4, 0.5) is 13.2 Å². The third kappa shape index (κ3) is 5.08. The van der Waals surface area contributed by atoms with E-state index >= 15 is 0 Å². The van der Waals surface area contributed by atoms with Crippen LogP contribution in [0.25, 0.3) is 11.1 Å². The molecule has 0 saturated carbocycles. The second-order valence-corrected chi connectivity index (χ2v) is 6.89. The zero-order valence-corrected chi connectivity index (χ0v) is 16.1. The molecule has 0 spiro atoms. The third-order valence-corrected chi connectivity index (χ3v) is 4.64. The van der Waals surface area contributed by atoms with Crippen molar-refractivity contribution >= 4 is 5.91 Å². The number of fused-ring (bicyclic) bond motifs is 1. The summed E-state index contributed by atoms with van der Waals surface area (Å²) in [6.45, 7) is -1.16. The number of halogens is 3. The maximum absolute atomic E-state index is 12.6. The summed E-state index contributed by atoms with van der Waals surface area (Å²) in [5.41, 5.74) is 2.98. The van der Waals surface area contributed by atoms with Crippen LogP contribution in [0, 0.1) is 0 Å². The van der Waals surface area contributed by atoms with E-state index in [0.717, 1.165) is 22.4 Å². The predicted octanol–water partition coefficient (Wildman–Crippen LogP) is 3.21. The summed E-state index contributed by atoms with van der Waals surface area (Å²) < 4.78 is 47.0. The molecule has 1 N–H and O–H groups in total. The normalized spacial score (nSPS) is 15.5. The number of hydrogen-bond donors (Lipinski definition) is 1. The zero-order valence-electron chi connectivity index (χ0n) is 16.1. The van der Waals surface area contributed by atoms with E-state index in [4.69, 9.17) is 4.74 Å². The van der Waals surface area contributed by atoms with Gasteiger partial charge in [0.25, 0.3) is 5.91 Å². The topological polar surface area (TPSA) is 86.2 Å². The summed E-state index contributed by atoms with van der Waals surface area (Å²) in [7, 11) is 0. The third-order valence-electron chi connectivity index (χ3n) is 4.64. The van der Waals surface area contributed by atoms with Gasteiger partial charge in [0, 0.05) is 29.8 Å². The lowest BCUT2D eigenvalue weighted by atomic mass is 9.93. The SMILES string of the molecule is O=C(N[C@@H]1COc2cccc(-c3ccnnc3)c2C1)c1ccc(OCC(F)(F)F)nc1. The first-order valence-electron chi connectivity index (χ1n) is 9.37. The average molecular weight is 430 g/mol. The van der Waals surface area contributed by atoms with Gasteiger partial charge in [-0.25, -0.2) is 4.98 Å². The molecule has 160 valence electrons. The lowest BCUT2D eigenvalue weighted by molar-refractivity contribution is -0.154. The van der Waals surface area contributed by atoms with E-state index in [1.54, 1.807) is 12.4 Å². The monoisotopic (exact) mass is 430 g/mol. The fraction of sp³-hybridized carbons (Fsp3) is 0.238. The Morgan fingerprint density at radius 1 is 1.16 bits per heavy atom. The second kappa shape index (κ2) is 8.58. The van der Waals surface area contributed by atoms with Gasteiger partial charge in [0.15, 0.2) is 6.61 Å². The minimum absolute atomic E-state index is 0.205. The van der Waals surface area contributed by atoms with E-state index in [2.05, 4.69) is 25.2 Å². The Hall–Kier alpha value is -3.69. The van der Waals surface area contributed by atoms with Crippen molar-refractivity contribution < 1.29 is 27.4 Å². The molecule has 1 aliphatic heterocycles. The molecular weight excluding hydrogens is 413 g/mol. The molecule has 31 heavy (non-hydrogen) atoms. The molecule has 1 amide bonds. The van der Waals surface area contributed by atoms with Gasteiger partial charge in [-0.1, -0.05) is 12.1 Å². The fourth-order valence-corrected chi connectivity index (χ4v) is 3.24. The number of nitrogens with one attached hydrogen (secondary N) is 1. The van der Waals surface area contributed by atoms with Gasteiger partial charge in [0.05, 0.1) is 24.0 Å². The number of benzene rings is 1. The molecule has 0 saturated heterocycles. The van der Waals surface area contributed by atoms with Crippen LogP contribution in [0.15, 0.2) is 55.0 Å². The summed E-state index contributed by atoms with van der Waals surface area (Å²) in [5, 5.41) is 10.6. The summed E-state index contributed by atoms with van der Waals surface area (Å²) >= 11 is 0. The Kier molecular flexibility index (Phi) is 5.70. The quantitative estimate of drug-likeness (QED) is 0.669. The molecule has 1 aromatic carbocycles. The van der Waals surface area contributed by atoms with Gasteiger partial charge in [0.1, 0.15) is 12.4 Å². The van der Waals surface area contributed by atoms with E-state index in [9.17, 15) is 18.0 Å². The molecule has 1 atom stereocenters. The number of rotatable bonds is 5. The molecule has 7 nitrogen and oxygen atoms in total. The highest BCUT2D eigenvalue weighted by atomic mass is 19.4. The van der Waals surface area contributed by atoms with E-state index < -0.39 is 18.7 Å². The van der Waals surface area contributed by atoms with Crippen LogP contribution in [0.3, 0.4) is 0 Å². The van der Waals surface area contributed by atoms with Crippen molar-refractivity contribution in [3.63, 3.8) is 0 Å². The van der Waals surface area contributed by atoms with Gasteiger partial charge in [0.2, 0.25) is 5.88 Å². The van der Waals surface area contributed by atoms with Crippen molar-refractivity contribution in [1.29, 1.82) is 0 Å². The van der Waals surface area contributed by atoms with Crippen LogP contribution in [-0.2, 0) is 6.42 Å². The number of pyridine rings is 1. The highest BCUT2D eigenvalue weighted by Gasteiger charge is 2.29. The van der Waals surface area contributed by atoms with Crippen molar-refractivity contribution in [2.45, 2.75) is 18.6 Å². The summed E-state index contributed by atoms with van der Waals surface area (Å²) in [4.78, 5) is 16.3. The standard InChI is InChI=1S/C21H17F3N4O3/c22-21(23,24)12-31-19-5-4-14(9-25-19)20(29)28-15-8-17-16(13-6-7-26-27-10-13)2-1-3-18(17)30-11-15/h1-7,9-10,15H,8,11-12H2,(H,28,29)/t15-/m0/s1. The minimum Gasteiger partial charge on any atom is -0.491 e. The molecule has 2 aromatic heterocycles. The maximum Gasteiger partial charge on any atom is 0.422 e. The molecule has 0 aliphatic carbocycles. The number of nitrogens with zero attached hydrogens (tertiary/aromatic N) is 3. The van der Waals surface area contributed by atoms with Crippen LogP contribution < -0.4 is 14.8 Å². The zero-order chi connectivity index (χ0) is 21.8. The van der Waals surface area contributed by atoms with Crippen molar-refractivity contribution in [2.75, 3.05) is 13.2 Å². The molecule has 3 aromatic rings. The molecule has 4 rings (SSSR count). The van der Waals surface area contributed by atoms with Gasteiger partial charge in [-0.15, -0.1) is 0 Å². The van der Waals surface area contributed by atoms with Crippen molar-refractivity contribution in [2.24, 2.45) is 0 Å². The Morgan fingerprint density at radius 2 is 2.03 bits per heavy atom. The largest absolute Gasteiger partial charge is 0.491 e. The maximum atomic E-state index is 12.6. The lowest BCUT2D eigenvalue weighted by Crippen LogP contribution is -2.42. The fourth-order valence-electron chi connectivity index (χ4n) is 3.24. The highest BCUT2D eigenvalue weighted by Crippen LogP contribution is 2.33. The summed E-state index contributed by atoms with van der Waals surface area (Å²) in [6.07, 6.45) is 0.519.